The standard InChI is InChI=1S/C45H30N4/c1-3-5-15-30(4-2)32-24-26-39-38(28-32)44(31-16-7-6-8-17-31)47-45(46-39)49-42-23-14-11-20-36(42)37-29-33(25-27-43(37)49)48-40-21-12-9-18-34(40)35-19-10-13-22-41(35)48/h1,4-29H,2H3/b15-5-,30-4+. The van der Waals surface area contributed by atoms with Gasteiger partial charge in [-0.2, -0.15) is 0 Å². The molecule has 0 atom stereocenters. The van der Waals surface area contributed by atoms with Gasteiger partial charge in [-0.3, -0.25) is 4.57 Å². The maximum absolute atomic E-state index is 5.53. The third-order valence-electron chi connectivity index (χ3n) is 9.43. The summed E-state index contributed by atoms with van der Waals surface area (Å²) in [4.78, 5) is 10.6. The molecule has 9 rings (SSSR count). The van der Waals surface area contributed by atoms with Gasteiger partial charge in [0.2, 0.25) is 5.95 Å². The normalized spacial score (nSPS) is 12.2. The second kappa shape index (κ2) is 11.5. The van der Waals surface area contributed by atoms with Gasteiger partial charge < -0.3 is 4.57 Å². The fourth-order valence-electron chi connectivity index (χ4n) is 7.22. The molecule has 3 aromatic heterocycles. The number of fused-ring (bicyclic) bond motifs is 7. The van der Waals surface area contributed by atoms with E-state index in [4.69, 9.17) is 16.4 Å². The minimum atomic E-state index is 0.633. The highest BCUT2D eigenvalue weighted by Crippen LogP contribution is 2.37. The third kappa shape index (κ3) is 4.56. The molecule has 0 amide bonds. The predicted octanol–water partition coefficient (Wildman–Crippen LogP) is 11.1. The molecule has 0 radical (unpaired) electrons. The van der Waals surface area contributed by atoms with Crippen LogP contribution < -0.4 is 0 Å². The molecule has 0 spiro atoms. The largest absolute Gasteiger partial charge is 0.309 e. The van der Waals surface area contributed by atoms with Crippen LogP contribution in [0.25, 0.3) is 83.0 Å². The van der Waals surface area contributed by atoms with Gasteiger partial charge in [0.1, 0.15) is 0 Å². The number of hydrogen-bond donors (Lipinski definition) is 0. The van der Waals surface area contributed by atoms with Crippen molar-refractivity contribution in [1.29, 1.82) is 0 Å². The first-order chi connectivity index (χ1) is 24.2. The number of hydrogen-bond acceptors (Lipinski definition) is 2. The molecule has 230 valence electrons. The lowest BCUT2D eigenvalue weighted by molar-refractivity contribution is 1.01. The van der Waals surface area contributed by atoms with Crippen LogP contribution in [-0.2, 0) is 0 Å². The quantitative estimate of drug-likeness (QED) is 0.141. The third-order valence-corrected chi connectivity index (χ3v) is 9.43. The van der Waals surface area contributed by atoms with Gasteiger partial charge in [-0.25, -0.2) is 9.97 Å². The number of para-hydroxylation sites is 3. The van der Waals surface area contributed by atoms with Gasteiger partial charge in [-0.1, -0.05) is 103 Å². The van der Waals surface area contributed by atoms with E-state index in [1.54, 1.807) is 6.08 Å². The molecule has 0 saturated carbocycles. The van der Waals surface area contributed by atoms with Crippen molar-refractivity contribution in [1.82, 2.24) is 19.1 Å². The average molecular weight is 627 g/mol. The molecule has 0 bridgehead atoms. The second-order valence-electron chi connectivity index (χ2n) is 12.1. The molecule has 0 N–H and O–H groups in total. The zero-order valence-electron chi connectivity index (χ0n) is 26.9. The topological polar surface area (TPSA) is 35.6 Å². The molecule has 0 unspecified atom stereocenters. The molecule has 0 aliphatic rings. The Bertz CT molecular complexity index is 2790. The molecular weight excluding hydrogens is 597 g/mol. The highest BCUT2D eigenvalue weighted by Gasteiger charge is 2.19. The summed E-state index contributed by atoms with van der Waals surface area (Å²) in [6.45, 7) is 2.02. The van der Waals surface area contributed by atoms with Crippen molar-refractivity contribution in [2.75, 3.05) is 0 Å². The van der Waals surface area contributed by atoms with Crippen LogP contribution >= 0.6 is 0 Å². The molecule has 3 heterocycles. The minimum Gasteiger partial charge on any atom is -0.309 e. The first-order valence-corrected chi connectivity index (χ1v) is 16.4. The number of terminal acetylenes is 1. The van der Waals surface area contributed by atoms with E-state index in [1.165, 1.54) is 21.8 Å². The molecule has 9 aromatic rings. The Morgan fingerprint density at radius 2 is 1.20 bits per heavy atom. The maximum Gasteiger partial charge on any atom is 0.235 e. The Kier molecular flexibility index (Phi) is 6.71. The summed E-state index contributed by atoms with van der Waals surface area (Å²) in [5, 5.41) is 5.77. The molecule has 0 fully saturated rings. The Balaban J connectivity index is 1.30. The Morgan fingerprint density at radius 3 is 1.88 bits per heavy atom. The van der Waals surface area contributed by atoms with Crippen LogP contribution in [0.3, 0.4) is 0 Å². The molecular formula is C45H30N4. The molecule has 0 aliphatic heterocycles. The number of allylic oxidation sites excluding steroid dienone is 4. The molecule has 49 heavy (non-hydrogen) atoms. The van der Waals surface area contributed by atoms with E-state index in [9.17, 15) is 0 Å². The summed E-state index contributed by atoms with van der Waals surface area (Å²) in [6.07, 6.45) is 11.3. The van der Waals surface area contributed by atoms with Crippen molar-refractivity contribution in [2.24, 2.45) is 0 Å². The van der Waals surface area contributed by atoms with Crippen molar-refractivity contribution < 1.29 is 0 Å². The van der Waals surface area contributed by atoms with Crippen molar-refractivity contribution in [2.45, 2.75) is 6.92 Å². The molecule has 4 heteroatoms. The number of rotatable bonds is 5. The van der Waals surface area contributed by atoms with Crippen LogP contribution in [0.2, 0.25) is 0 Å². The van der Waals surface area contributed by atoms with Crippen molar-refractivity contribution in [3.8, 4) is 35.2 Å². The highest BCUT2D eigenvalue weighted by molar-refractivity contribution is 6.12. The highest BCUT2D eigenvalue weighted by atomic mass is 15.2. The van der Waals surface area contributed by atoms with E-state index in [-0.39, 0.29) is 0 Å². The van der Waals surface area contributed by atoms with E-state index in [1.807, 2.05) is 19.1 Å². The minimum absolute atomic E-state index is 0.633. The van der Waals surface area contributed by atoms with Gasteiger partial charge in [-0.15, -0.1) is 6.42 Å². The van der Waals surface area contributed by atoms with Crippen LogP contribution in [0.15, 0.2) is 158 Å². The average Bonchev–Trinajstić information content (AvgIpc) is 3.67. The fourth-order valence-corrected chi connectivity index (χ4v) is 7.22. The number of benzene rings is 6. The van der Waals surface area contributed by atoms with Gasteiger partial charge in [0, 0.05) is 38.2 Å². The first kappa shape index (κ1) is 28.5. The van der Waals surface area contributed by atoms with Gasteiger partial charge in [0.05, 0.1) is 33.3 Å². The summed E-state index contributed by atoms with van der Waals surface area (Å²) in [5.41, 5.74) is 10.5. The van der Waals surface area contributed by atoms with Crippen LogP contribution in [0, 0.1) is 12.3 Å². The Hall–Kier alpha value is -6.70. The molecule has 6 aromatic carbocycles. The van der Waals surface area contributed by atoms with Crippen molar-refractivity contribution >= 4 is 60.1 Å². The SMILES string of the molecule is C#C/C=C\C(=C/C)c1ccc2nc(-n3c4ccccc4c4cc(-n5c6ccccc6c6ccccc65)ccc43)nc(-c3ccccc3)c2c1. The monoisotopic (exact) mass is 626 g/mol. The van der Waals surface area contributed by atoms with Crippen LogP contribution in [-0.4, -0.2) is 19.1 Å². The van der Waals surface area contributed by atoms with Crippen LogP contribution in [0.5, 0.6) is 0 Å². The summed E-state index contributed by atoms with van der Waals surface area (Å²) in [6, 6.07) is 49.2. The van der Waals surface area contributed by atoms with Gasteiger partial charge in [0.25, 0.3) is 0 Å². The lowest BCUT2D eigenvalue weighted by Gasteiger charge is -2.13. The summed E-state index contributed by atoms with van der Waals surface area (Å²) < 4.78 is 4.57. The summed E-state index contributed by atoms with van der Waals surface area (Å²) >= 11 is 0. The second-order valence-corrected chi connectivity index (χ2v) is 12.1. The van der Waals surface area contributed by atoms with Crippen LogP contribution in [0.4, 0.5) is 0 Å². The van der Waals surface area contributed by atoms with E-state index in [0.717, 1.165) is 60.8 Å². The first-order valence-electron chi connectivity index (χ1n) is 16.4. The van der Waals surface area contributed by atoms with Gasteiger partial charge in [-0.05, 0) is 78.7 Å². The van der Waals surface area contributed by atoms with Crippen molar-refractivity contribution in [3.63, 3.8) is 0 Å². The van der Waals surface area contributed by atoms with Gasteiger partial charge >= 0.3 is 0 Å². The number of aromatic nitrogens is 4. The molecule has 4 nitrogen and oxygen atoms in total. The number of nitrogens with zero attached hydrogens (tertiary/aromatic N) is 4. The fraction of sp³-hybridized carbons (Fsp3) is 0.0222. The van der Waals surface area contributed by atoms with Crippen LogP contribution in [0.1, 0.15) is 12.5 Å². The lowest BCUT2D eigenvalue weighted by Crippen LogP contribution is -2.04. The van der Waals surface area contributed by atoms with Crippen molar-refractivity contribution in [3.05, 3.63) is 163 Å². The van der Waals surface area contributed by atoms with E-state index in [0.29, 0.717) is 5.95 Å². The Morgan fingerprint density at radius 1 is 0.592 bits per heavy atom. The smallest absolute Gasteiger partial charge is 0.235 e. The Labute approximate surface area is 283 Å². The van der Waals surface area contributed by atoms with E-state index in [2.05, 4.69) is 155 Å². The summed E-state index contributed by atoms with van der Waals surface area (Å²) in [5.74, 6) is 3.24. The molecule has 0 saturated heterocycles. The van der Waals surface area contributed by atoms with E-state index >= 15 is 0 Å². The maximum atomic E-state index is 5.53. The predicted molar refractivity (Wildman–Crippen MR) is 205 cm³/mol. The zero-order valence-corrected chi connectivity index (χ0v) is 26.9. The zero-order chi connectivity index (χ0) is 32.9. The van der Waals surface area contributed by atoms with Gasteiger partial charge in [0.15, 0.2) is 0 Å². The molecule has 0 aliphatic carbocycles. The lowest BCUT2D eigenvalue weighted by atomic mass is 10.00. The summed E-state index contributed by atoms with van der Waals surface area (Å²) in [7, 11) is 0. The van der Waals surface area contributed by atoms with E-state index < -0.39 is 0 Å².